The summed E-state index contributed by atoms with van der Waals surface area (Å²) in [7, 11) is 1.71. The number of nitrogens with zero attached hydrogens (tertiary/aromatic N) is 1. The molecule has 1 aliphatic rings. The molecule has 1 aliphatic heterocycles. The predicted molar refractivity (Wildman–Crippen MR) is 86.5 cm³/mol. The summed E-state index contributed by atoms with van der Waals surface area (Å²) in [6, 6.07) is 10.3. The van der Waals surface area contributed by atoms with E-state index in [9.17, 15) is 0 Å². The van der Waals surface area contributed by atoms with Crippen molar-refractivity contribution in [3.05, 3.63) is 42.7 Å². The summed E-state index contributed by atoms with van der Waals surface area (Å²) < 4.78 is 7.51. The molecule has 2 aromatic rings. The minimum absolute atomic E-state index is 0.0759. The van der Waals surface area contributed by atoms with Crippen LogP contribution >= 0.6 is 0 Å². The van der Waals surface area contributed by atoms with Crippen LogP contribution in [-0.4, -0.2) is 30.3 Å². The second-order valence-electron chi connectivity index (χ2n) is 5.94. The Labute approximate surface area is 126 Å². The normalized spacial score (nSPS) is 22.0. The Hall–Kier alpha value is -1.94. The molecular formula is C17H23N3O. The molecule has 0 bridgehead atoms. The van der Waals surface area contributed by atoms with Gasteiger partial charge in [-0.2, -0.15) is 0 Å². The largest absolute Gasteiger partial charge is 0.497 e. The van der Waals surface area contributed by atoms with Crippen molar-refractivity contribution in [3.63, 3.8) is 0 Å². The van der Waals surface area contributed by atoms with E-state index in [1.165, 1.54) is 12.8 Å². The first-order valence-electron chi connectivity index (χ1n) is 7.50. The maximum Gasteiger partial charge on any atom is 0.121 e. The summed E-state index contributed by atoms with van der Waals surface area (Å²) in [4.78, 5) is 0. The van der Waals surface area contributed by atoms with Crippen molar-refractivity contribution < 1.29 is 4.74 Å². The molecule has 1 aromatic carbocycles. The minimum Gasteiger partial charge on any atom is -0.497 e. The number of ether oxygens (including phenoxy) is 1. The lowest BCUT2D eigenvalue weighted by Gasteiger charge is -2.36. The molecule has 0 saturated carbocycles. The molecular weight excluding hydrogens is 262 g/mol. The van der Waals surface area contributed by atoms with E-state index < -0.39 is 0 Å². The first-order valence-corrected chi connectivity index (χ1v) is 7.50. The average molecular weight is 285 g/mol. The van der Waals surface area contributed by atoms with Gasteiger partial charge in [0.25, 0.3) is 0 Å². The van der Waals surface area contributed by atoms with E-state index in [-0.39, 0.29) is 5.54 Å². The number of nitrogens with one attached hydrogen (secondary N) is 2. The highest BCUT2D eigenvalue weighted by molar-refractivity contribution is 5.65. The zero-order valence-electron chi connectivity index (χ0n) is 12.7. The maximum absolute atomic E-state index is 5.38. The SMILES string of the molecule is COc1ccc(-n2cccc2)c(NC2(C)CCCNC2)c1. The lowest BCUT2D eigenvalue weighted by molar-refractivity contribution is 0.368. The van der Waals surface area contributed by atoms with E-state index in [0.717, 1.165) is 30.2 Å². The van der Waals surface area contributed by atoms with Crippen LogP contribution in [0.3, 0.4) is 0 Å². The summed E-state index contributed by atoms with van der Waals surface area (Å²) in [6.45, 7) is 4.37. The van der Waals surface area contributed by atoms with E-state index in [0.29, 0.717) is 0 Å². The number of anilines is 1. The van der Waals surface area contributed by atoms with Crippen LogP contribution in [0, 0.1) is 0 Å². The lowest BCUT2D eigenvalue weighted by atomic mass is 9.92. The third-order valence-corrected chi connectivity index (χ3v) is 4.12. The van der Waals surface area contributed by atoms with Gasteiger partial charge in [-0.1, -0.05) is 0 Å². The van der Waals surface area contributed by atoms with Crippen molar-refractivity contribution in [2.75, 3.05) is 25.5 Å². The van der Waals surface area contributed by atoms with Crippen LogP contribution in [0.1, 0.15) is 19.8 Å². The van der Waals surface area contributed by atoms with E-state index in [2.05, 4.69) is 46.7 Å². The molecule has 4 heteroatoms. The molecule has 1 aromatic heterocycles. The zero-order valence-corrected chi connectivity index (χ0v) is 12.7. The summed E-state index contributed by atoms with van der Waals surface area (Å²) in [6.07, 6.45) is 6.50. The number of aromatic nitrogens is 1. The molecule has 2 heterocycles. The van der Waals surface area contributed by atoms with Crippen LogP contribution in [0.5, 0.6) is 5.75 Å². The summed E-state index contributed by atoms with van der Waals surface area (Å²) in [5.41, 5.74) is 2.33. The molecule has 0 radical (unpaired) electrons. The smallest absolute Gasteiger partial charge is 0.121 e. The molecule has 2 N–H and O–H groups in total. The molecule has 0 spiro atoms. The third kappa shape index (κ3) is 3.05. The van der Waals surface area contributed by atoms with Crippen LogP contribution in [-0.2, 0) is 0 Å². The topological polar surface area (TPSA) is 38.2 Å². The van der Waals surface area contributed by atoms with Gasteiger partial charge < -0.3 is 19.9 Å². The number of piperidine rings is 1. The molecule has 1 atom stereocenters. The number of hydrogen-bond acceptors (Lipinski definition) is 3. The van der Waals surface area contributed by atoms with Crippen LogP contribution in [0.15, 0.2) is 42.7 Å². The van der Waals surface area contributed by atoms with Gasteiger partial charge in [-0.25, -0.2) is 0 Å². The Balaban J connectivity index is 1.94. The van der Waals surface area contributed by atoms with Crippen molar-refractivity contribution >= 4 is 5.69 Å². The molecule has 0 amide bonds. The van der Waals surface area contributed by atoms with Gasteiger partial charge in [0, 0.05) is 30.5 Å². The highest BCUT2D eigenvalue weighted by Crippen LogP contribution is 2.30. The number of methoxy groups -OCH3 is 1. The monoisotopic (exact) mass is 285 g/mol. The Kier molecular flexibility index (Phi) is 3.88. The van der Waals surface area contributed by atoms with Gasteiger partial charge in [0.2, 0.25) is 0 Å². The fraction of sp³-hybridized carbons (Fsp3) is 0.412. The van der Waals surface area contributed by atoms with E-state index in [1.54, 1.807) is 7.11 Å². The second-order valence-corrected chi connectivity index (χ2v) is 5.94. The fourth-order valence-corrected chi connectivity index (χ4v) is 2.95. The van der Waals surface area contributed by atoms with Crippen molar-refractivity contribution in [1.29, 1.82) is 0 Å². The van der Waals surface area contributed by atoms with Gasteiger partial charge in [0.15, 0.2) is 0 Å². The van der Waals surface area contributed by atoms with Crippen LogP contribution in [0.2, 0.25) is 0 Å². The zero-order chi connectivity index (χ0) is 14.7. The Morgan fingerprint density at radius 3 is 2.76 bits per heavy atom. The Morgan fingerprint density at radius 1 is 1.29 bits per heavy atom. The van der Waals surface area contributed by atoms with Crippen molar-refractivity contribution in [1.82, 2.24) is 9.88 Å². The van der Waals surface area contributed by atoms with Gasteiger partial charge in [-0.05, 0) is 50.6 Å². The van der Waals surface area contributed by atoms with Gasteiger partial charge in [0.05, 0.1) is 18.5 Å². The van der Waals surface area contributed by atoms with Crippen molar-refractivity contribution in [3.8, 4) is 11.4 Å². The summed E-state index contributed by atoms with van der Waals surface area (Å²) in [5.74, 6) is 0.876. The first-order chi connectivity index (χ1) is 10.2. The van der Waals surface area contributed by atoms with Gasteiger partial charge >= 0.3 is 0 Å². The van der Waals surface area contributed by atoms with Crippen LogP contribution in [0.25, 0.3) is 5.69 Å². The molecule has 3 rings (SSSR count). The quantitative estimate of drug-likeness (QED) is 0.907. The number of benzene rings is 1. The molecule has 1 fully saturated rings. The lowest BCUT2D eigenvalue weighted by Crippen LogP contribution is -2.49. The Bertz CT molecular complexity index is 586. The van der Waals surface area contributed by atoms with E-state index in [1.807, 2.05) is 18.2 Å². The molecule has 1 unspecified atom stereocenters. The molecule has 112 valence electrons. The second kappa shape index (κ2) is 5.82. The molecule has 21 heavy (non-hydrogen) atoms. The fourth-order valence-electron chi connectivity index (χ4n) is 2.95. The van der Waals surface area contributed by atoms with E-state index in [4.69, 9.17) is 4.74 Å². The number of hydrogen-bond donors (Lipinski definition) is 2. The van der Waals surface area contributed by atoms with Gasteiger partial charge in [-0.3, -0.25) is 0 Å². The van der Waals surface area contributed by atoms with Gasteiger partial charge in [-0.15, -0.1) is 0 Å². The van der Waals surface area contributed by atoms with Crippen molar-refractivity contribution in [2.24, 2.45) is 0 Å². The highest BCUT2D eigenvalue weighted by atomic mass is 16.5. The predicted octanol–water partition coefficient (Wildman–Crippen LogP) is 3.04. The summed E-state index contributed by atoms with van der Waals surface area (Å²) in [5, 5.41) is 7.20. The minimum atomic E-state index is 0.0759. The van der Waals surface area contributed by atoms with Crippen LogP contribution in [0.4, 0.5) is 5.69 Å². The third-order valence-electron chi connectivity index (χ3n) is 4.12. The molecule has 4 nitrogen and oxygen atoms in total. The average Bonchev–Trinajstić information content (AvgIpc) is 3.01. The van der Waals surface area contributed by atoms with E-state index >= 15 is 0 Å². The van der Waals surface area contributed by atoms with Gasteiger partial charge in [0.1, 0.15) is 5.75 Å². The van der Waals surface area contributed by atoms with Crippen molar-refractivity contribution in [2.45, 2.75) is 25.3 Å². The maximum atomic E-state index is 5.38. The molecule has 1 saturated heterocycles. The Morgan fingerprint density at radius 2 is 2.10 bits per heavy atom. The highest BCUT2D eigenvalue weighted by Gasteiger charge is 2.27. The summed E-state index contributed by atoms with van der Waals surface area (Å²) >= 11 is 0. The molecule has 0 aliphatic carbocycles. The first kappa shape index (κ1) is 14.0. The number of rotatable bonds is 4. The standard InChI is InChI=1S/C17H23N3O/c1-17(8-5-9-18-13-17)19-15-12-14(21-2)6-7-16(15)20-10-3-4-11-20/h3-4,6-7,10-12,18-19H,5,8-9,13H2,1-2H3. The van der Waals surface area contributed by atoms with Crippen LogP contribution < -0.4 is 15.4 Å².